The molecule has 1 rings (SSSR count). The van der Waals surface area contributed by atoms with E-state index in [2.05, 4.69) is 15.9 Å². The number of hydrogen-bond donors (Lipinski definition) is 0. The van der Waals surface area contributed by atoms with Crippen LogP contribution in [0.25, 0.3) is 0 Å². The summed E-state index contributed by atoms with van der Waals surface area (Å²) in [4.78, 5) is 11.4. The zero-order valence-corrected chi connectivity index (χ0v) is 10.7. The first-order valence-electron chi connectivity index (χ1n) is 5.30. The SMILES string of the molecule is O=c1cccc(C(F)(F)F)n1CCCCCBr. The van der Waals surface area contributed by atoms with Crippen molar-refractivity contribution in [3.05, 3.63) is 34.2 Å². The molecule has 6 heteroatoms. The van der Waals surface area contributed by atoms with Crippen LogP contribution in [0.5, 0.6) is 0 Å². The zero-order chi connectivity index (χ0) is 12.9. The number of aromatic nitrogens is 1. The second-order valence-electron chi connectivity index (χ2n) is 3.65. The Bertz CT molecular complexity index is 414. The van der Waals surface area contributed by atoms with Gasteiger partial charge in [0.05, 0.1) is 0 Å². The van der Waals surface area contributed by atoms with E-state index in [-0.39, 0.29) is 6.54 Å². The van der Waals surface area contributed by atoms with E-state index in [1.54, 1.807) is 0 Å². The highest BCUT2D eigenvalue weighted by atomic mass is 79.9. The summed E-state index contributed by atoms with van der Waals surface area (Å²) in [7, 11) is 0. The summed E-state index contributed by atoms with van der Waals surface area (Å²) in [5.41, 5.74) is -1.47. The first-order chi connectivity index (χ1) is 7.96. The van der Waals surface area contributed by atoms with Crippen LogP contribution < -0.4 is 5.56 Å². The van der Waals surface area contributed by atoms with Crippen molar-refractivity contribution in [1.82, 2.24) is 4.57 Å². The fourth-order valence-corrected chi connectivity index (χ4v) is 1.94. The average molecular weight is 312 g/mol. The van der Waals surface area contributed by atoms with Gasteiger partial charge < -0.3 is 4.57 Å². The van der Waals surface area contributed by atoms with Crippen LogP contribution in [-0.4, -0.2) is 9.90 Å². The van der Waals surface area contributed by atoms with Crippen molar-refractivity contribution in [3.63, 3.8) is 0 Å². The van der Waals surface area contributed by atoms with Gasteiger partial charge in [-0.3, -0.25) is 4.79 Å². The van der Waals surface area contributed by atoms with Crippen molar-refractivity contribution in [2.75, 3.05) is 5.33 Å². The molecule has 1 aromatic heterocycles. The predicted molar refractivity (Wildman–Crippen MR) is 63.3 cm³/mol. The molecule has 1 aromatic rings. The van der Waals surface area contributed by atoms with Crippen molar-refractivity contribution in [3.8, 4) is 0 Å². The monoisotopic (exact) mass is 311 g/mol. The molecule has 0 saturated heterocycles. The van der Waals surface area contributed by atoms with Gasteiger partial charge in [0.25, 0.3) is 5.56 Å². The van der Waals surface area contributed by atoms with E-state index in [9.17, 15) is 18.0 Å². The molecule has 96 valence electrons. The van der Waals surface area contributed by atoms with Crippen LogP contribution in [0.4, 0.5) is 13.2 Å². The molecule has 0 aliphatic carbocycles. The highest BCUT2D eigenvalue weighted by molar-refractivity contribution is 9.09. The molecule has 0 saturated carbocycles. The third kappa shape index (κ3) is 4.18. The predicted octanol–water partition coefficient (Wildman–Crippen LogP) is 3.43. The summed E-state index contributed by atoms with van der Waals surface area (Å²) in [6, 6.07) is 3.23. The number of alkyl halides is 4. The first-order valence-corrected chi connectivity index (χ1v) is 6.42. The van der Waals surface area contributed by atoms with Gasteiger partial charge in [0, 0.05) is 17.9 Å². The molecule has 0 atom stereocenters. The van der Waals surface area contributed by atoms with Gasteiger partial charge in [0.2, 0.25) is 0 Å². The Morgan fingerprint density at radius 1 is 1.18 bits per heavy atom. The average Bonchev–Trinajstić information content (AvgIpc) is 2.24. The molecule has 0 unspecified atom stereocenters. The summed E-state index contributed by atoms with van der Waals surface area (Å²) >= 11 is 3.25. The standard InChI is InChI=1S/C11H13BrF3NO/c12-7-2-1-3-8-16-9(11(13,14)15)5-4-6-10(16)17/h4-6H,1-3,7-8H2. The lowest BCUT2D eigenvalue weighted by Crippen LogP contribution is -2.27. The van der Waals surface area contributed by atoms with Crippen molar-refractivity contribution in [2.24, 2.45) is 0 Å². The van der Waals surface area contributed by atoms with E-state index >= 15 is 0 Å². The Labute approximate surface area is 106 Å². The van der Waals surface area contributed by atoms with Gasteiger partial charge in [0.15, 0.2) is 0 Å². The van der Waals surface area contributed by atoms with E-state index < -0.39 is 17.4 Å². The highest BCUT2D eigenvalue weighted by Gasteiger charge is 2.33. The Balaban J connectivity index is 2.86. The third-order valence-electron chi connectivity index (χ3n) is 2.36. The topological polar surface area (TPSA) is 22.0 Å². The lowest BCUT2D eigenvalue weighted by atomic mass is 10.2. The second-order valence-corrected chi connectivity index (χ2v) is 4.44. The second kappa shape index (κ2) is 6.23. The van der Waals surface area contributed by atoms with Crippen molar-refractivity contribution >= 4 is 15.9 Å². The molecule has 0 aliphatic rings. The maximum absolute atomic E-state index is 12.6. The molecule has 0 N–H and O–H groups in total. The summed E-state index contributed by atoms with van der Waals surface area (Å²) in [5.74, 6) is 0. The number of unbranched alkanes of at least 4 members (excludes halogenated alkanes) is 2. The number of nitrogens with zero attached hydrogens (tertiary/aromatic N) is 1. The Kier molecular flexibility index (Phi) is 5.24. The van der Waals surface area contributed by atoms with E-state index in [0.29, 0.717) is 6.42 Å². The minimum absolute atomic E-state index is 0.113. The van der Waals surface area contributed by atoms with Gasteiger partial charge >= 0.3 is 6.18 Å². The van der Waals surface area contributed by atoms with Gasteiger partial charge in [-0.2, -0.15) is 13.2 Å². The van der Waals surface area contributed by atoms with Crippen molar-refractivity contribution in [2.45, 2.75) is 32.0 Å². The van der Waals surface area contributed by atoms with Gasteiger partial charge in [-0.15, -0.1) is 0 Å². The molecule has 0 aliphatic heterocycles. The fraction of sp³-hybridized carbons (Fsp3) is 0.545. The van der Waals surface area contributed by atoms with Gasteiger partial charge in [-0.25, -0.2) is 0 Å². The molecular formula is C11H13BrF3NO. The largest absolute Gasteiger partial charge is 0.431 e. The number of hydrogen-bond acceptors (Lipinski definition) is 1. The summed E-state index contributed by atoms with van der Waals surface area (Å²) in [6.07, 6.45) is -2.22. The van der Waals surface area contributed by atoms with Crippen LogP contribution in [0.2, 0.25) is 0 Å². The normalized spacial score (nSPS) is 11.8. The molecular weight excluding hydrogens is 299 g/mol. The van der Waals surface area contributed by atoms with Gasteiger partial charge in [0.1, 0.15) is 5.69 Å². The molecule has 2 nitrogen and oxygen atoms in total. The number of rotatable bonds is 5. The molecule has 0 aromatic carbocycles. The van der Waals surface area contributed by atoms with E-state index in [1.165, 1.54) is 0 Å². The van der Waals surface area contributed by atoms with Gasteiger partial charge in [-0.05, 0) is 18.9 Å². The third-order valence-corrected chi connectivity index (χ3v) is 2.92. The van der Waals surface area contributed by atoms with Crippen LogP contribution in [0.1, 0.15) is 25.0 Å². The van der Waals surface area contributed by atoms with Crippen molar-refractivity contribution in [1.29, 1.82) is 0 Å². The number of pyridine rings is 1. The fourth-order valence-electron chi connectivity index (χ4n) is 1.54. The maximum atomic E-state index is 12.6. The zero-order valence-electron chi connectivity index (χ0n) is 9.13. The minimum atomic E-state index is -4.48. The van der Waals surface area contributed by atoms with Crippen molar-refractivity contribution < 1.29 is 13.2 Å². The van der Waals surface area contributed by atoms with Crippen LogP contribution in [0.3, 0.4) is 0 Å². The number of halogens is 4. The molecule has 17 heavy (non-hydrogen) atoms. The van der Waals surface area contributed by atoms with E-state index in [0.717, 1.165) is 40.9 Å². The molecule has 0 radical (unpaired) electrons. The van der Waals surface area contributed by atoms with Gasteiger partial charge in [-0.1, -0.05) is 28.4 Å². The molecule has 1 heterocycles. The maximum Gasteiger partial charge on any atom is 0.431 e. The van der Waals surface area contributed by atoms with E-state index in [1.807, 2.05) is 0 Å². The Hall–Kier alpha value is -0.780. The van der Waals surface area contributed by atoms with E-state index in [4.69, 9.17) is 0 Å². The lowest BCUT2D eigenvalue weighted by molar-refractivity contribution is -0.144. The summed E-state index contributed by atoms with van der Waals surface area (Å²) in [5, 5.41) is 0.822. The Morgan fingerprint density at radius 2 is 1.88 bits per heavy atom. The first kappa shape index (κ1) is 14.3. The van der Waals surface area contributed by atoms with Crippen LogP contribution in [0, 0.1) is 0 Å². The molecule has 0 bridgehead atoms. The summed E-state index contributed by atoms with van der Waals surface area (Å²) in [6.45, 7) is 0.113. The van der Waals surface area contributed by atoms with Crippen LogP contribution >= 0.6 is 15.9 Å². The van der Waals surface area contributed by atoms with Crippen LogP contribution in [0.15, 0.2) is 23.0 Å². The molecule has 0 fully saturated rings. The minimum Gasteiger partial charge on any atom is -0.304 e. The van der Waals surface area contributed by atoms with Crippen LogP contribution in [-0.2, 0) is 12.7 Å². The highest BCUT2D eigenvalue weighted by Crippen LogP contribution is 2.28. The quantitative estimate of drug-likeness (QED) is 0.603. The lowest BCUT2D eigenvalue weighted by Gasteiger charge is -2.14. The molecule has 0 spiro atoms. The Morgan fingerprint density at radius 3 is 2.47 bits per heavy atom. The summed E-state index contributed by atoms with van der Waals surface area (Å²) < 4.78 is 38.7. The molecule has 0 amide bonds. The smallest absolute Gasteiger partial charge is 0.304 e.